The van der Waals surface area contributed by atoms with E-state index in [2.05, 4.69) is 5.10 Å². The molecule has 0 saturated carbocycles. The predicted molar refractivity (Wildman–Crippen MR) is 131 cm³/mol. The fourth-order valence-corrected chi connectivity index (χ4v) is 4.18. The zero-order valence-corrected chi connectivity index (χ0v) is 20.0. The highest BCUT2D eigenvalue weighted by atomic mass is 35.5. The summed E-state index contributed by atoms with van der Waals surface area (Å²) in [6.07, 6.45) is 8.01. The average molecular weight is 504 g/mol. The molecule has 1 aromatic carbocycles. The van der Waals surface area contributed by atoms with Crippen molar-refractivity contribution in [3.63, 3.8) is 0 Å². The summed E-state index contributed by atoms with van der Waals surface area (Å²) < 4.78 is 1.01. The zero-order chi connectivity index (χ0) is 24.4. The Labute approximate surface area is 204 Å². The fourth-order valence-electron chi connectivity index (χ4n) is 3.20. The molecule has 168 valence electrons. The molecule has 0 fully saturated rings. The first-order valence-corrected chi connectivity index (χ1v) is 10.6. The van der Waals surface area contributed by atoms with Gasteiger partial charge in [-0.2, -0.15) is 15.4 Å². The Hall–Kier alpha value is -3.31. The Morgan fingerprint density at radius 3 is 2.33 bits per heavy atom. The summed E-state index contributed by atoms with van der Waals surface area (Å²) in [4.78, 5) is 24.9. The Morgan fingerprint density at radius 1 is 1.09 bits per heavy atom. The highest BCUT2D eigenvalue weighted by molar-refractivity contribution is 6.43. The maximum Gasteiger partial charge on any atom is 0.280 e. The quantitative estimate of drug-likeness (QED) is 0.461. The lowest BCUT2D eigenvalue weighted by molar-refractivity contribution is -0.114. The summed E-state index contributed by atoms with van der Waals surface area (Å²) in [6, 6.07) is 4.81. The maximum absolute atomic E-state index is 12.9. The van der Waals surface area contributed by atoms with Crippen molar-refractivity contribution in [1.29, 1.82) is 5.26 Å². The molecule has 0 radical (unpaired) electrons. The maximum atomic E-state index is 12.9. The number of halogens is 3. The predicted octanol–water partition coefficient (Wildman–Crippen LogP) is 5.15. The second-order valence-electron chi connectivity index (χ2n) is 7.06. The van der Waals surface area contributed by atoms with E-state index in [0.717, 1.165) is 9.58 Å². The van der Waals surface area contributed by atoms with E-state index >= 15 is 0 Å². The van der Waals surface area contributed by atoms with Crippen molar-refractivity contribution in [2.45, 2.75) is 13.8 Å². The van der Waals surface area contributed by atoms with E-state index in [9.17, 15) is 20.0 Å². The number of pyridine rings is 1. The molecule has 0 saturated heterocycles. The number of nitriles is 1. The van der Waals surface area contributed by atoms with Gasteiger partial charge in [-0.05, 0) is 43.7 Å². The van der Waals surface area contributed by atoms with Crippen molar-refractivity contribution in [3.05, 3.63) is 84.1 Å². The van der Waals surface area contributed by atoms with Crippen LogP contribution in [0.4, 0.5) is 5.69 Å². The van der Waals surface area contributed by atoms with E-state index in [1.54, 1.807) is 44.2 Å². The highest BCUT2D eigenvalue weighted by Crippen LogP contribution is 2.39. The van der Waals surface area contributed by atoms with Gasteiger partial charge in [0, 0.05) is 17.6 Å². The van der Waals surface area contributed by atoms with Gasteiger partial charge in [-0.15, -0.1) is 0 Å². The molecule has 0 atom stereocenters. The standard InChI is InChI=1S/C23H17Cl3N4O3/c1-12-15(21(31)29(3)22(32)17(12)11-27)7-5-4-6-8-16-13(2)28-30(23(16)33)20-18(25)9-14(24)10-19(20)26/h4-10,31H,1-3H3/b6-4+,7-5+,16-8-. The molecular formula is C23H17Cl3N4O3. The van der Waals surface area contributed by atoms with Gasteiger partial charge in [0.2, 0.25) is 5.88 Å². The Bertz CT molecular complexity index is 1370. The lowest BCUT2D eigenvalue weighted by atomic mass is 10.0. The molecule has 1 N–H and O–H groups in total. The molecule has 7 nitrogen and oxygen atoms in total. The first-order valence-electron chi connectivity index (χ1n) is 9.50. The van der Waals surface area contributed by atoms with Gasteiger partial charge < -0.3 is 5.11 Å². The minimum absolute atomic E-state index is 0.0379. The fraction of sp³-hybridized carbons (Fsp3) is 0.130. The number of anilines is 1. The van der Waals surface area contributed by atoms with Gasteiger partial charge in [0.15, 0.2) is 0 Å². The monoisotopic (exact) mass is 502 g/mol. The van der Waals surface area contributed by atoms with Crippen LogP contribution in [0.2, 0.25) is 15.1 Å². The Kier molecular flexibility index (Phi) is 7.13. The molecule has 1 aromatic heterocycles. The number of carbonyl (C=O) groups is 1. The van der Waals surface area contributed by atoms with Crippen LogP contribution in [0.15, 0.2) is 51.9 Å². The van der Waals surface area contributed by atoms with Gasteiger partial charge in [-0.1, -0.05) is 53.0 Å². The SMILES string of the molecule is CC1=NN(c2c(Cl)cc(Cl)cc2Cl)C(=O)\C1=C/C=C/C=C/c1c(C)c(C#N)c(=O)n(C)c1O. The van der Waals surface area contributed by atoms with Crippen molar-refractivity contribution in [1.82, 2.24) is 4.57 Å². The molecule has 3 rings (SSSR count). The van der Waals surface area contributed by atoms with E-state index in [1.807, 2.05) is 6.07 Å². The summed E-state index contributed by atoms with van der Waals surface area (Å²) in [6.45, 7) is 3.27. The van der Waals surface area contributed by atoms with Crippen LogP contribution in [0, 0.1) is 18.3 Å². The van der Waals surface area contributed by atoms with Crippen LogP contribution in [0.5, 0.6) is 5.88 Å². The molecular weight excluding hydrogens is 487 g/mol. The first-order chi connectivity index (χ1) is 15.6. The Morgan fingerprint density at radius 2 is 1.73 bits per heavy atom. The van der Waals surface area contributed by atoms with Crippen LogP contribution < -0.4 is 10.6 Å². The molecule has 0 bridgehead atoms. The molecule has 0 aliphatic carbocycles. The van der Waals surface area contributed by atoms with Crippen LogP contribution in [0.3, 0.4) is 0 Å². The lowest BCUT2D eigenvalue weighted by Gasteiger charge is -2.15. The van der Waals surface area contributed by atoms with E-state index < -0.39 is 11.5 Å². The van der Waals surface area contributed by atoms with Crippen LogP contribution in [0.1, 0.15) is 23.6 Å². The number of aromatic nitrogens is 1. The van der Waals surface area contributed by atoms with Crippen molar-refractivity contribution in [2.75, 3.05) is 5.01 Å². The molecule has 33 heavy (non-hydrogen) atoms. The van der Waals surface area contributed by atoms with Crippen molar-refractivity contribution < 1.29 is 9.90 Å². The average Bonchev–Trinajstić information content (AvgIpc) is 3.01. The molecule has 1 aliphatic heterocycles. The minimum atomic E-state index is -0.565. The van der Waals surface area contributed by atoms with Crippen LogP contribution in [-0.2, 0) is 11.8 Å². The van der Waals surface area contributed by atoms with Gasteiger partial charge in [-0.3, -0.25) is 14.2 Å². The van der Waals surface area contributed by atoms with Gasteiger partial charge >= 0.3 is 0 Å². The second kappa shape index (κ2) is 9.67. The van der Waals surface area contributed by atoms with Gasteiger partial charge in [0.1, 0.15) is 17.3 Å². The summed E-state index contributed by atoms with van der Waals surface area (Å²) >= 11 is 18.4. The largest absolute Gasteiger partial charge is 0.494 e. The van der Waals surface area contributed by atoms with Crippen molar-refractivity contribution >= 4 is 58.2 Å². The molecule has 0 unspecified atom stereocenters. The first kappa shape index (κ1) is 24.3. The number of aromatic hydroxyl groups is 1. The molecule has 2 heterocycles. The third-order valence-electron chi connectivity index (χ3n) is 4.97. The number of hydrogen-bond acceptors (Lipinski definition) is 5. The summed E-state index contributed by atoms with van der Waals surface area (Å²) in [7, 11) is 1.38. The third-order valence-corrected chi connectivity index (χ3v) is 5.77. The molecule has 1 aliphatic rings. The number of benzene rings is 1. The summed E-state index contributed by atoms with van der Waals surface area (Å²) in [5, 5.41) is 25.6. The number of allylic oxidation sites excluding steroid dienone is 4. The van der Waals surface area contributed by atoms with Crippen LogP contribution >= 0.6 is 34.8 Å². The number of carbonyl (C=O) groups excluding carboxylic acids is 1. The second-order valence-corrected chi connectivity index (χ2v) is 8.31. The summed E-state index contributed by atoms with van der Waals surface area (Å²) in [5.41, 5.74) is 1.18. The number of amides is 1. The lowest BCUT2D eigenvalue weighted by Crippen LogP contribution is -2.22. The van der Waals surface area contributed by atoms with Gasteiger partial charge in [0.25, 0.3) is 11.5 Å². The van der Waals surface area contributed by atoms with Crippen molar-refractivity contribution in [2.24, 2.45) is 12.1 Å². The number of rotatable bonds is 4. The minimum Gasteiger partial charge on any atom is -0.494 e. The van der Waals surface area contributed by atoms with E-state index in [4.69, 9.17) is 34.8 Å². The topological polar surface area (TPSA) is 98.7 Å². The number of hydrazone groups is 1. The third kappa shape index (κ3) is 4.60. The molecule has 10 heteroatoms. The van der Waals surface area contributed by atoms with E-state index in [0.29, 0.717) is 27.4 Å². The number of nitrogens with zero attached hydrogens (tertiary/aromatic N) is 4. The normalized spacial score (nSPS) is 15.2. The molecule has 1 amide bonds. The summed E-state index contributed by atoms with van der Waals surface area (Å²) in [5.74, 6) is -0.654. The van der Waals surface area contributed by atoms with Gasteiger partial charge in [-0.25, -0.2) is 0 Å². The van der Waals surface area contributed by atoms with E-state index in [-0.39, 0.29) is 27.2 Å². The zero-order valence-electron chi connectivity index (χ0n) is 17.7. The van der Waals surface area contributed by atoms with Gasteiger partial charge in [0.05, 0.1) is 21.3 Å². The Balaban J connectivity index is 1.86. The van der Waals surface area contributed by atoms with Crippen LogP contribution in [-0.4, -0.2) is 21.3 Å². The van der Waals surface area contributed by atoms with Crippen molar-refractivity contribution in [3.8, 4) is 11.9 Å². The highest BCUT2D eigenvalue weighted by Gasteiger charge is 2.31. The molecule has 2 aromatic rings. The molecule has 0 spiro atoms. The van der Waals surface area contributed by atoms with E-state index in [1.165, 1.54) is 19.2 Å². The smallest absolute Gasteiger partial charge is 0.280 e. The van der Waals surface area contributed by atoms with Crippen LogP contribution in [0.25, 0.3) is 6.08 Å². The number of hydrogen-bond donors (Lipinski definition) is 1.